The molecule has 4 nitrogen and oxygen atoms in total. The minimum Gasteiger partial charge on any atom is -0.373 e. The summed E-state index contributed by atoms with van der Waals surface area (Å²) in [7, 11) is 1.91. The summed E-state index contributed by atoms with van der Waals surface area (Å²) < 4.78 is 0. The van der Waals surface area contributed by atoms with Crippen LogP contribution in [0.5, 0.6) is 0 Å². The standard InChI is InChI=1S/C14H24N4S/c1-4-5-11-6-8-18(9-7-11)13-10-12(15-2)16-14(17-13)19-3/h10-11H,4-9H2,1-3H3,(H,15,16,17). The SMILES string of the molecule is CCCC1CCN(c2cc(NC)nc(SC)n2)CC1. The molecule has 0 atom stereocenters. The first kappa shape index (κ1) is 14.4. The Morgan fingerprint density at radius 2 is 2.11 bits per heavy atom. The zero-order valence-corrected chi connectivity index (χ0v) is 13.0. The zero-order chi connectivity index (χ0) is 13.7. The Kier molecular flexibility index (Phi) is 5.31. The highest BCUT2D eigenvalue weighted by Crippen LogP contribution is 2.27. The number of anilines is 2. The second-order valence-electron chi connectivity index (χ2n) is 5.07. The number of thioether (sulfide) groups is 1. The van der Waals surface area contributed by atoms with Crippen LogP contribution in [0.15, 0.2) is 11.2 Å². The molecule has 0 amide bonds. The molecule has 2 rings (SSSR count). The number of hydrogen-bond acceptors (Lipinski definition) is 5. The molecule has 1 saturated heterocycles. The van der Waals surface area contributed by atoms with E-state index in [0.717, 1.165) is 35.8 Å². The van der Waals surface area contributed by atoms with Crippen LogP contribution >= 0.6 is 11.8 Å². The van der Waals surface area contributed by atoms with E-state index >= 15 is 0 Å². The van der Waals surface area contributed by atoms with Crippen molar-refractivity contribution in [3.8, 4) is 0 Å². The van der Waals surface area contributed by atoms with E-state index in [4.69, 9.17) is 0 Å². The van der Waals surface area contributed by atoms with Gasteiger partial charge in [-0.15, -0.1) is 0 Å². The van der Waals surface area contributed by atoms with E-state index in [1.165, 1.54) is 25.7 Å². The van der Waals surface area contributed by atoms with Crippen LogP contribution in [0.3, 0.4) is 0 Å². The summed E-state index contributed by atoms with van der Waals surface area (Å²) >= 11 is 1.60. The predicted octanol–water partition coefficient (Wildman–Crippen LogP) is 3.26. The van der Waals surface area contributed by atoms with Gasteiger partial charge in [0, 0.05) is 26.2 Å². The van der Waals surface area contributed by atoms with Crippen molar-refractivity contribution in [2.24, 2.45) is 5.92 Å². The van der Waals surface area contributed by atoms with Crippen LogP contribution in [0.2, 0.25) is 0 Å². The van der Waals surface area contributed by atoms with Gasteiger partial charge < -0.3 is 10.2 Å². The normalized spacial score (nSPS) is 16.7. The smallest absolute Gasteiger partial charge is 0.191 e. The van der Waals surface area contributed by atoms with E-state index in [1.807, 2.05) is 13.3 Å². The Bertz CT molecular complexity index is 380. The minimum atomic E-state index is 0.845. The summed E-state index contributed by atoms with van der Waals surface area (Å²) in [5.74, 6) is 2.88. The van der Waals surface area contributed by atoms with E-state index < -0.39 is 0 Å². The zero-order valence-electron chi connectivity index (χ0n) is 12.1. The molecule has 2 heterocycles. The first-order valence-corrected chi connectivity index (χ1v) is 8.35. The van der Waals surface area contributed by atoms with Gasteiger partial charge >= 0.3 is 0 Å². The lowest BCUT2D eigenvalue weighted by Gasteiger charge is -2.33. The van der Waals surface area contributed by atoms with Crippen molar-refractivity contribution in [1.82, 2.24) is 9.97 Å². The topological polar surface area (TPSA) is 41.0 Å². The molecule has 0 unspecified atom stereocenters. The Balaban J connectivity index is 2.06. The Morgan fingerprint density at radius 1 is 1.37 bits per heavy atom. The fraction of sp³-hybridized carbons (Fsp3) is 0.714. The molecule has 1 aliphatic rings. The second-order valence-corrected chi connectivity index (χ2v) is 5.84. The molecule has 0 spiro atoms. The summed E-state index contributed by atoms with van der Waals surface area (Å²) in [5, 5.41) is 3.96. The summed E-state index contributed by atoms with van der Waals surface area (Å²) in [4.78, 5) is 11.5. The Morgan fingerprint density at radius 3 is 2.68 bits per heavy atom. The van der Waals surface area contributed by atoms with E-state index in [0.29, 0.717) is 0 Å². The number of rotatable bonds is 5. The average molecular weight is 280 g/mol. The number of hydrogen-bond donors (Lipinski definition) is 1. The highest BCUT2D eigenvalue weighted by molar-refractivity contribution is 7.98. The lowest BCUT2D eigenvalue weighted by atomic mass is 9.92. The van der Waals surface area contributed by atoms with E-state index in [1.54, 1.807) is 11.8 Å². The number of aromatic nitrogens is 2. The van der Waals surface area contributed by atoms with Gasteiger partial charge in [0.25, 0.3) is 0 Å². The largest absolute Gasteiger partial charge is 0.373 e. The minimum absolute atomic E-state index is 0.845. The van der Waals surface area contributed by atoms with Gasteiger partial charge in [-0.2, -0.15) is 0 Å². The molecule has 1 N–H and O–H groups in total. The van der Waals surface area contributed by atoms with E-state index in [9.17, 15) is 0 Å². The van der Waals surface area contributed by atoms with Crippen LogP contribution in [-0.2, 0) is 0 Å². The maximum absolute atomic E-state index is 4.63. The molecule has 1 fully saturated rings. The third kappa shape index (κ3) is 3.75. The molecular weight excluding hydrogens is 256 g/mol. The molecule has 1 aromatic heterocycles. The second kappa shape index (κ2) is 6.98. The molecule has 19 heavy (non-hydrogen) atoms. The average Bonchev–Trinajstić information content (AvgIpc) is 2.47. The predicted molar refractivity (Wildman–Crippen MR) is 83.2 cm³/mol. The van der Waals surface area contributed by atoms with Crippen LogP contribution in [0.25, 0.3) is 0 Å². The maximum atomic E-state index is 4.63. The van der Waals surface area contributed by atoms with E-state index in [-0.39, 0.29) is 0 Å². The Labute approximate surface area is 120 Å². The van der Waals surface area contributed by atoms with Gasteiger partial charge in [0.1, 0.15) is 11.6 Å². The molecule has 1 aromatic rings. The Hall–Kier alpha value is -0.970. The van der Waals surface area contributed by atoms with E-state index in [2.05, 4.69) is 33.2 Å². The molecular formula is C14H24N4S. The monoisotopic (exact) mass is 280 g/mol. The van der Waals surface area contributed by atoms with Gasteiger partial charge in [-0.25, -0.2) is 9.97 Å². The highest BCUT2D eigenvalue weighted by atomic mass is 32.2. The van der Waals surface area contributed by atoms with Crippen LogP contribution in [-0.4, -0.2) is 36.4 Å². The van der Waals surface area contributed by atoms with Gasteiger partial charge in [-0.05, 0) is 25.0 Å². The van der Waals surface area contributed by atoms with Gasteiger partial charge in [0.05, 0.1) is 0 Å². The molecule has 0 saturated carbocycles. The quantitative estimate of drug-likeness (QED) is 0.662. The van der Waals surface area contributed by atoms with Crippen molar-refractivity contribution in [3.05, 3.63) is 6.07 Å². The number of piperidine rings is 1. The summed E-state index contributed by atoms with van der Waals surface area (Å²) in [6, 6.07) is 2.06. The summed E-state index contributed by atoms with van der Waals surface area (Å²) in [6.07, 6.45) is 7.28. The van der Waals surface area contributed by atoms with Crippen LogP contribution in [0, 0.1) is 5.92 Å². The van der Waals surface area contributed by atoms with Crippen molar-refractivity contribution < 1.29 is 0 Å². The van der Waals surface area contributed by atoms with Gasteiger partial charge in [-0.3, -0.25) is 0 Å². The van der Waals surface area contributed by atoms with Crippen molar-refractivity contribution in [2.75, 3.05) is 36.6 Å². The lowest BCUT2D eigenvalue weighted by molar-refractivity contribution is 0.377. The first-order valence-electron chi connectivity index (χ1n) is 7.12. The first-order chi connectivity index (χ1) is 9.26. The molecule has 1 aliphatic heterocycles. The fourth-order valence-corrected chi connectivity index (χ4v) is 3.03. The van der Waals surface area contributed by atoms with Crippen LogP contribution in [0.1, 0.15) is 32.6 Å². The maximum Gasteiger partial charge on any atom is 0.191 e. The summed E-state index contributed by atoms with van der Waals surface area (Å²) in [5.41, 5.74) is 0. The molecule has 0 bridgehead atoms. The van der Waals surface area contributed by atoms with Crippen molar-refractivity contribution in [1.29, 1.82) is 0 Å². The fourth-order valence-electron chi connectivity index (χ4n) is 2.65. The van der Waals surface area contributed by atoms with Gasteiger partial charge in [-0.1, -0.05) is 31.5 Å². The van der Waals surface area contributed by atoms with Crippen LogP contribution < -0.4 is 10.2 Å². The molecule has 106 valence electrons. The van der Waals surface area contributed by atoms with Crippen LogP contribution in [0.4, 0.5) is 11.6 Å². The third-order valence-corrected chi connectivity index (χ3v) is 4.31. The summed E-state index contributed by atoms with van der Waals surface area (Å²) in [6.45, 7) is 4.53. The third-order valence-electron chi connectivity index (χ3n) is 3.77. The molecule has 0 radical (unpaired) electrons. The highest BCUT2D eigenvalue weighted by Gasteiger charge is 2.20. The van der Waals surface area contributed by atoms with Gasteiger partial charge in [0.15, 0.2) is 5.16 Å². The molecule has 5 heteroatoms. The molecule has 0 aromatic carbocycles. The van der Waals surface area contributed by atoms with Crippen molar-refractivity contribution in [3.63, 3.8) is 0 Å². The van der Waals surface area contributed by atoms with Crippen molar-refractivity contribution >= 4 is 23.4 Å². The number of nitrogens with zero attached hydrogens (tertiary/aromatic N) is 3. The van der Waals surface area contributed by atoms with Crippen molar-refractivity contribution in [2.45, 2.75) is 37.8 Å². The lowest BCUT2D eigenvalue weighted by Crippen LogP contribution is -2.34. The van der Waals surface area contributed by atoms with Gasteiger partial charge in [0.2, 0.25) is 0 Å². The molecule has 0 aliphatic carbocycles. The number of nitrogens with one attached hydrogen (secondary N) is 1.